The van der Waals surface area contributed by atoms with Gasteiger partial charge in [-0.25, -0.2) is 4.99 Å². The summed E-state index contributed by atoms with van der Waals surface area (Å²) in [6.45, 7) is 4.35. The molecule has 0 aliphatic carbocycles. The van der Waals surface area contributed by atoms with E-state index in [4.69, 9.17) is 4.42 Å². The number of carbonyl (C=O) groups is 2. The van der Waals surface area contributed by atoms with Crippen LogP contribution >= 0.6 is 0 Å². The van der Waals surface area contributed by atoms with Crippen molar-refractivity contribution >= 4 is 28.4 Å². The lowest BCUT2D eigenvalue weighted by Gasteiger charge is -2.08. The SMILES string of the molecule is Cc1ccc(C(=O)N=C(Cc2ccco2)C(=O)NCCc2c[nH]c3ccccc23)cc1C. The Morgan fingerprint density at radius 3 is 2.66 bits per heavy atom. The number of hydrogen-bond acceptors (Lipinski definition) is 3. The molecule has 0 saturated carbocycles. The maximum atomic E-state index is 12.9. The fraction of sp³-hybridized carbons (Fsp3) is 0.192. The van der Waals surface area contributed by atoms with Gasteiger partial charge in [0.25, 0.3) is 11.8 Å². The Balaban J connectivity index is 1.48. The Morgan fingerprint density at radius 2 is 1.88 bits per heavy atom. The number of nitrogens with zero attached hydrogens (tertiary/aromatic N) is 1. The van der Waals surface area contributed by atoms with Crippen LogP contribution in [0, 0.1) is 13.8 Å². The molecule has 0 atom stereocenters. The van der Waals surface area contributed by atoms with Gasteiger partial charge in [-0.05, 0) is 67.3 Å². The van der Waals surface area contributed by atoms with E-state index in [-0.39, 0.29) is 18.0 Å². The van der Waals surface area contributed by atoms with Gasteiger partial charge in [0.2, 0.25) is 0 Å². The summed E-state index contributed by atoms with van der Waals surface area (Å²) in [5.41, 5.74) is 4.86. The first kappa shape index (κ1) is 21.3. The summed E-state index contributed by atoms with van der Waals surface area (Å²) in [5, 5.41) is 4.03. The molecule has 4 rings (SSSR count). The molecule has 0 saturated heterocycles. The van der Waals surface area contributed by atoms with Crippen LogP contribution in [0.15, 0.2) is 76.5 Å². The molecule has 2 amide bonds. The summed E-state index contributed by atoms with van der Waals surface area (Å²) >= 11 is 0. The molecule has 0 aliphatic rings. The molecule has 2 aromatic heterocycles. The van der Waals surface area contributed by atoms with Crippen molar-refractivity contribution in [2.24, 2.45) is 4.99 Å². The summed E-state index contributed by atoms with van der Waals surface area (Å²) in [6, 6.07) is 16.9. The lowest BCUT2D eigenvalue weighted by atomic mass is 10.1. The predicted molar refractivity (Wildman–Crippen MR) is 125 cm³/mol. The third-order valence-electron chi connectivity index (χ3n) is 5.53. The highest BCUT2D eigenvalue weighted by atomic mass is 16.3. The molecule has 2 heterocycles. The number of furan rings is 1. The Bertz CT molecular complexity index is 1280. The van der Waals surface area contributed by atoms with Crippen molar-refractivity contribution in [2.45, 2.75) is 26.7 Å². The van der Waals surface area contributed by atoms with E-state index in [2.05, 4.69) is 21.4 Å². The van der Waals surface area contributed by atoms with Crippen LogP contribution < -0.4 is 5.32 Å². The van der Waals surface area contributed by atoms with Crippen molar-refractivity contribution in [3.63, 3.8) is 0 Å². The number of amides is 2. The third-order valence-corrected chi connectivity index (χ3v) is 5.53. The van der Waals surface area contributed by atoms with Crippen LogP contribution in [0.5, 0.6) is 0 Å². The molecule has 0 bridgehead atoms. The first-order valence-electron chi connectivity index (χ1n) is 10.6. The van der Waals surface area contributed by atoms with Crippen LogP contribution in [-0.2, 0) is 17.6 Å². The number of rotatable bonds is 7. The second kappa shape index (κ2) is 9.47. The van der Waals surface area contributed by atoms with E-state index < -0.39 is 5.91 Å². The number of fused-ring (bicyclic) bond motifs is 1. The minimum Gasteiger partial charge on any atom is -0.469 e. The number of H-pyrrole nitrogens is 1. The molecule has 0 aliphatic heterocycles. The molecule has 0 spiro atoms. The van der Waals surface area contributed by atoms with Gasteiger partial charge in [0, 0.05) is 29.2 Å². The minimum atomic E-state index is -0.443. The Kier molecular flexibility index (Phi) is 6.31. The Morgan fingerprint density at radius 1 is 1.03 bits per heavy atom. The average Bonchev–Trinajstić information content (AvgIpc) is 3.45. The summed E-state index contributed by atoms with van der Waals surface area (Å²) < 4.78 is 5.37. The minimum absolute atomic E-state index is 0.127. The monoisotopic (exact) mass is 427 g/mol. The zero-order valence-corrected chi connectivity index (χ0v) is 18.1. The summed E-state index contributed by atoms with van der Waals surface area (Å²) in [7, 11) is 0. The van der Waals surface area contributed by atoms with Crippen LogP contribution in [0.2, 0.25) is 0 Å². The van der Waals surface area contributed by atoms with Gasteiger partial charge in [-0.1, -0.05) is 24.3 Å². The number of aromatic amines is 1. The third kappa shape index (κ3) is 4.86. The lowest BCUT2D eigenvalue weighted by molar-refractivity contribution is -0.114. The largest absolute Gasteiger partial charge is 0.469 e. The topological polar surface area (TPSA) is 87.5 Å². The molecule has 0 radical (unpaired) electrons. The first-order valence-corrected chi connectivity index (χ1v) is 10.6. The van der Waals surface area contributed by atoms with Gasteiger partial charge in [-0.3, -0.25) is 9.59 Å². The van der Waals surface area contributed by atoms with E-state index in [1.165, 1.54) is 6.26 Å². The zero-order chi connectivity index (χ0) is 22.5. The van der Waals surface area contributed by atoms with E-state index >= 15 is 0 Å². The Labute approximate surface area is 186 Å². The molecule has 0 fully saturated rings. The van der Waals surface area contributed by atoms with E-state index in [9.17, 15) is 9.59 Å². The molecule has 32 heavy (non-hydrogen) atoms. The molecular formula is C26H25N3O3. The quantitative estimate of drug-likeness (QED) is 0.424. The smallest absolute Gasteiger partial charge is 0.277 e. The van der Waals surface area contributed by atoms with Crippen LogP contribution in [0.25, 0.3) is 10.9 Å². The van der Waals surface area contributed by atoms with Gasteiger partial charge in [0.05, 0.1) is 12.7 Å². The number of aryl methyl sites for hydroxylation is 2. The van der Waals surface area contributed by atoms with Crippen molar-refractivity contribution in [3.05, 3.63) is 95.1 Å². The molecule has 2 aromatic carbocycles. The van der Waals surface area contributed by atoms with Gasteiger partial charge < -0.3 is 14.7 Å². The van der Waals surface area contributed by atoms with Gasteiger partial charge in [-0.2, -0.15) is 0 Å². The molecule has 162 valence electrons. The second-order valence-corrected chi connectivity index (χ2v) is 7.78. The number of benzene rings is 2. The maximum Gasteiger partial charge on any atom is 0.277 e. The number of nitrogens with one attached hydrogen (secondary N) is 2. The van der Waals surface area contributed by atoms with Gasteiger partial charge >= 0.3 is 0 Å². The van der Waals surface area contributed by atoms with E-state index in [0.717, 1.165) is 27.6 Å². The fourth-order valence-electron chi connectivity index (χ4n) is 3.56. The van der Waals surface area contributed by atoms with Crippen LogP contribution in [0.1, 0.15) is 32.8 Å². The van der Waals surface area contributed by atoms with Gasteiger partial charge in [0.15, 0.2) is 0 Å². The van der Waals surface area contributed by atoms with Crippen LogP contribution in [-0.4, -0.2) is 29.1 Å². The summed E-state index contributed by atoms with van der Waals surface area (Å²) in [4.78, 5) is 33.1. The second-order valence-electron chi connectivity index (χ2n) is 7.78. The van der Waals surface area contributed by atoms with Crippen molar-refractivity contribution in [1.82, 2.24) is 10.3 Å². The number of para-hydroxylation sites is 1. The van der Waals surface area contributed by atoms with E-state index in [1.54, 1.807) is 24.3 Å². The van der Waals surface area contributed by atoms with Gasteiger partial charge in [-0.15, -0.1) is 0 Å². The van der Waals surface area contributed by atoms with Crippen molar-refractivity contribution in [1.29, 1.82) is 0 Å². The number of aliphatic imine (C=N–C) groups is 1. The Hall–Kier alpha value is -3.93. The van der Waals surface area contributed by atoms with E-state index in [1.807, 2.05) is 44.3 Å². The first-order chi connectivity index (χ1) is 15.5. The molecule has 4 aromatic rings. The van der Waals surface area contributed by atoms with Crippen LogP contribution in [0.4, 0.5) is 0 Å². The van der Waals surface area contributed by atoms with Gasteiger partial charge in [0.1, 0.15) is 11.5 Å². The van der Waals surface area contributed by atoms with Crippen molar-refractivity contribution in [2.75, 3.05) is 6.54 Å². The number of aromatic nitrogens is 1. The van der Waals surface area contributed by atoms with Crippen LogP contribution in [0.3, 0.4) is 0 Å². The standard InChI is InChI=1S/C26H25N3O3/c1-17-9-10-19(14-18(17)2)25(30)29-24(15-21-6-5-13-32-21)26(31)27-12-11-20-16-28-23-8-4-3-7-22(20)23/h3-10,13-14,16,28H,11-12,15H2,1-2H3,(H,27,31). The molecule has 2 N–H and O–H groups in total. The molecule has 6 nitrogen and oxygen atoms in total. The zero-order valence-electron chi connectivity index (χ0n) is 18.1. The highest BCUT2D eigenvalue weighted by molar-refractivity contribution is 6.41. The maximum absolute atomic E-state index is 12.9. The van der Waals surface area contributed by atoms with E-state index in [0.29, 0.717) is 24.3 Å². The summed E-state index contributed by atoms with van der Waals surface area (Å²) in [5.74, 6) is -0.247. The predicted octanol–water partition coefficient (Wildman–Crippen LogP) is 4.56. The molecule has 0 unspecified atom stereocenters. The number of carbonyl (C=O) groups excluding carboxylic acids is 2. The average molecular weight is 428 g/mol. The molecular weight excluding hydrogens is 402 g/mol. The highest BCUT2D eigenvalue weighted by Gasteiger charge is 2.17. The van der Waals surface area contributed by atoms with Crippen molar-refractivity contribution < 1.29 is 14.0 Å². The normalized spacial score (nSPS) is 11.6. The molecule has 6 heteroatoms. The van der Waals surface area contributed by atoms with Crippen molar-refractivity contribution in [3.8, 4) is 0 Å². The fourth-order valence-corrected chi connectivity index (χ4v) is 3.56. The highest BCUT2D eigenvalue weighted by Crippen LogP contribution is 2.17. The summed E-state index contributed by atoms with van der Waals surface area (Å²) in [6.07, 6.45) is 4.29. The number of hydrogen-bond donors (Lipinski definition) is 2. The lowest BCUT2D eigenvalue weighted by Crippen LogP contribution is -2.34.